The van der Waals surface area contributed by atoms with E-state index in [9.17, 15) is 0 Å². The van der Waals surface area contributed by atoms with E-state index in [1.165, 1.54) is 10.4 Å². The summed E-state index contributed by atoms with van der Waals surface area (Å²) in [5.74, 6) is 1.12. The Morgan fingerprint density at radius 2 is 0.875 bits per heavy atom. The average molecular weight is 554 g/mol. The SMILES string of the molecule is C[Si](C)(c1ccccc1)c1cccc(-c2nc(Cl)nc(-c3cc(-c4ccccc4)cc(-c4ccccc4)c3)n2)c1. The maximum absolute atomic E-state index is 6.54. The maximum atomic E-state index is 6.54. The van der Waals surface area contributed by atoms with Crippen molar-refractivity contribution < 1.29 is 0 Å². The third kappa shape index (κ3) is 5.37. The minimum Gasteiger partial charge on any atom is -0.208 e. The Morgan fingerprint density at radius 1 is 0.425 bits per heavy atom. The Balaban J connectivity index is 1.46. The van der Waals surface area contributed by atoms with Crippen molar-refractivity contribution >= 4 is 30.0 Å². The quantitative estimate of drug-likeness (QED) is 0.196. The van der Waals surface area contributed by atoms with Crippen molar-refractivity contribution in [1.29, 1.82) is 0 Å². The summed E-state index contributed by atoms with van der Waals surface area (Å²) in [6, 6.07) is 46.5. The first-order valence-corrected chi connectivity index (χ1v) is 16.7. The minimum absolute atomic E-state index is 0.177. The molecule has 6 aromatic rings. The molecular weight excluding hydrogens is 526 g/mol. The lowest BCUT2D eigenvalue weighted by Gasteiger charge is -2.24. The molecule has 0 bridgehead atoms. The summed E-state index contributed by atoms with van der Waals surface area (Å²) in [5, 5.41) is 2.87. The summed E-state index contributed by atoms with van der Waals surface area (Å²) in [7, 11) is -1.90. The van der Waals surface area contributed by atoms with Crippen molar-refractivity contribution in [3.8, 4) is 45.0 Å². The highest BCUT2D eigenvalue weighted by atomic mass is 35.5. The fourth-order valence-corrected chi connectivity index (χ4v) is 7.58. The van der Waals surface area contributed by atoms with Crippen LogP contribution in [0.4, 0.5) is 0 Å². The van der Waals surface area contributed by atoms with E-state index in [0.717, 1.165) is 33.4 Å². The summed E-state index contributed by atoms with van der Waals surface area (Å²) >= 11 is 6.54. The van der Waals surface area contributed by atoms with Crippen molar-refractivity contribution in [2.24, 2.45) is 0 Å². The van der Waals surface area contributed by atoms with Gasteiger partial charge in [0, 0.05) is 11.1 Å². The van der Waals surface area contributed by atoms with Gasteiger partial charge in [-0.05, 0) is 52.1 Å². The molecule has 1 aromatic heterocycles. The molecule has 0 saturated carbocycles. The van der Waals surface area contributed by atoms with Gasteiger partial charge in [0.25, 0.3) is 0 Å². The molecular formula is C35H28ClN3Si. The molecule has 0 fully saturated rings. The highest BCUT2D eigenvalue weighted by Crippen LogP contribution is 2.32. The molecule has 5 heteroatoms. The lowest BCUT2D eigenvalue weighted by atomic mass is 9.96. The number of benzene rings is 5. The molecule has 6 rings (SSSR count). The topological polar surface area (TPSA) is 38.7 Å². The van der Waals surface area contributed by atoms with E-state index in [2.05, 4.69) is 138 Å². The lowest BCUT2D eigenvalue weighted by Crippen LogP contribution is -2.52. The van der Waals surface area contributed by atoms with Crippen LogP contribution in [-0.2, 0) is 0 Å². The molecule has 0 unspecified atom stereocenters. The molecule has 0 amide bonds. The van der Waals surface area contributed by atoms with Crippen LogP contribution in [0.15, 0.2) is 133 Å². The van der Waals surface area contributed by atoms with Gasteiger partial charge in [0.1, 0.15) is 8.07 Å². The van der Waals surface area contributed by atoms with Crippen LogP contribution in [0.5, 0.6) is 0 Å². The molecule has 0 aliphatic carbocycles. The third-order valence-electron chi connectivity index (χ3n) is 7.35. The second-order valence-corrected chi connectivity index (χ2v) is 15.1. The average Bonchev–Trinajstić information content (AvgIpc) is 3.02. The highest BCUT2D eigenvalue weighted by Gasteiger charge is 2.26. The maximum Gasteiger partial charge on any atom is 0.226 e. The molecule has 1 heterocycles. The summed E-state index contributed by atoms with van der Waals surface area (Å²) in [6.45, 7) is 4.74. The van der Waals surface area contributed by atoms with Crippen molar-refractivity contribution in [2.45, 2.75) is 13.1 Å². The zero-order valence-electron chi connectivity index (χ0n) is 22.4. The van der Waals surface area contributed by atoms with Crippen molar-refractivity contribution in [2.75, 3.05) is 0 Å². The second kappa shape index (κ2) is 11.0. The number of aromatic nitrogens is 3. The molecule has 194 valence electrons. The Labute approximate surface area is 241 Å². The number of hydrogen-bond acceptors (Lipinski definition) is 3. The fraction of sp³-hybridized carbons (Fsp3) is 0.0571. The Hall–Kier alpha value is -4.38. The molecule has 0 aliphatic rings. The fourth-order valence-electron chi connectivity index (χ4n) is 5.03. The first-order valence-electron chi connectivity index (χ1n) is 13.3. The Kier molecular flexibility index (Phi) is 7.12. The smallest absolute Gasteiger partial charge is 0.208 e. The second-order valence-electron chi connectivity index (χ2n) is 10.4. The van der Waals surface area contributed by atoms with Crippen LogP contribution in [0.2, 0.25) is 18.4 Å². The molecule has 0 atom stereocenters. The standard InChI is InChI=1S/C35H28ClN3Si/c1-40(2,31-18-10-5-11-19-31)32-20-12-17-27(24-32)33-37-34(39-35(36)38-33)30-22-28(25-13-6-3-7-14-25)21-29(23-30)26-15-8-4-9-16-26/h3-24H,1-2H3. The monoisotopic (exact) mass is 553 g/mol. The van der Waals surface area contributed by atoms with Crippen LogP contribution < -0.4 is 10.4 Å². The predicted octanol–water partition coefficient (Wildman–Crippen LogP) is 8.02. The van der Waals surface area contributed by atoms with Gasteiger partial charge in [0.05, 0.1) is 0 Å². The summed E-state index contributed by atoms with van der Waals surface area (Å²) < 4.78 is 0. The summed E-state index contributed by atoms with van der Waals surface area (Å²) in [5.41, 5.74) is 6.26. The Morgan fingerprint density at radius 3 is 1.45 bits per heavy atom. The largest absolute Gasteiger partial charge is 0.226 e. The van der Waals surface area contributed by atoms with Gasteiger partial charge in [-0.15, -0.1) is 0 Å². The molecule has 0 aliphatic heterocycles. The molecule has 0 saturated heterocycles. The van der Waals surface area contributed by atoms with Gasteiger partial charge in [-0.2, -0.15) is 9.97 Å². The van der Waals surface area contributed by atoms with Crippen LogP contribution in [0.25, 0.3) is 45.0 Å². The zero-order chi connectivity index (χ0) is 27.5. The normalized spacial score (nSPS) is 11.4. The first-order chi connectivity index (χ1) is 19.5. The van der Waals surface area contributed by atoms with Gasteiger partial charge >= 0.3 is 0 Å². The van der Waals surface area contributed by atoms with E-state index in [4.69, 9.17) is 16.6 Å². The van der Waals surface area contributed by atoms with Gasteiger partial charge in [0.15, 0.2) is 11.6 Å². The molecule has 5 aromatic carbocycles. The number of halogens is 1. The van der Waals surface area contributed by atoms with E-state index in [1.807, 2.05) is 18.2 Å². The van der Waals surface area contributed by atoms with Gasteiger partial charge in [-0.25, -0.2) is 4.98 Å². The first kappa shape index (κ1) is 25.9. The van der Waals surface area contributed by atoms with Gasteiger partial charge in [-0.3, -0.25) is 0 Å². The molecule has 0 spiro atoms. The van der Waals surface area contributed by atoms with Crippen LogP contribution in [0.1, 0.15) is 0 Å². The highest BCUT2D eigenvalue weighted by molar-refractivity contribution is 7.00. The van der Waals surface area contributed by atoms with Crippen LogP contribution in [-0.4, -0.2) is 23.0 Å². The number of rotatable bonds is 6. The minimum atomic E-state index is -1.90. The van der Waals surface area contributed by atoms with Gasteiger partial charge in [0.2, 0.25) is 5.28 Å². The van der Waals surface area contributed by atoms with Gasteiger partial charge in [-0.1, -0.05) is 139 Å². The van der Waals surface area contributed by atoms with E-state index >= 15 is 0 Å². The third-order valence-corrected chi connectivity index (χ3v) is 11.1. The molecule has 3 nitrogen and oxygen atoms in total. The Bertz CT molecular complexity index is 1710. The lowest BCUT2D eigenvalue weighted by molar-refractivity contribution is 1.07. The number of nitrogens with zero attached hydrogens (tertiary/aromatic N) is 3. The van der Waals surface area contributed by atoms with E-state index in [0.29, 0.717) is 11.6 Å². The molecule has 0 radical (unpaired) electrons. The van der Waals surface area contributed by atoms with E-state index < -0.39 is 8.07 Å². The zero-order valence-corrected chi connectivity index (χ0v) is 24.2. The number of hydrogen-bond donors (Lipinski definition) is 0. The van der Waals surface area contributed by atoms with Gasteiger partial charge < -0.3 is 0 Å². The summed E-state index contributed by atoms with van der Waals surface area (Å²) in [4.78, 5) is 14.1. The molecule has 40 heavy (non-hydrogen) atoms. The van der Waals surface area contributed by atoms with Crippen molar-refractivity contribution in [3.63, 3.8) is 0 Å². The van der Waals surface area contributed by atoms with E-state index in [-0.39, 0.29) is 5.28 Å². The van der Waals surface area contributed by atoms with Crippen molar-refractivity contribution in [3.05, 3.63) is 139 Å². The van der Waals surface area contributed by atoms with Crippen LogP contribution in [0.3, 0.4) is 0 Å². The van der Waals surface area contributed by atoms with Crippen molar-refractivity contribution in [1.82, 2.24) is 15.0 Å². The van der Waals surface area contributed by atoms with Crippen LogP contribution in [0, 0.1) is 0 Å². The van der Waals surface area contributed by atoms with Crippen LogP contribution >= 0.6 is 11.6 Å². The summed E-state index contributed by atoms with van der Waals surface area (Å²) in [6.07, 6.45) is 0. The predicted molar refractivity (Wildman–Crippen MR) is 170 cm³/mol. The molecule has 0 N–H and O–H groups in total. The van der Waals surface area contributed by atoms with E-state index in [1.54, 1.807) is 0 Å².